The van der Waals surface area contributed by atoms with E-state index in [-0.39, 0.29) is 16.9 Å². The predicted molar refractivity (Wildman–Crippen MR) is 262 cm³/mol. The molecule has 1 atom stereocenters. The predicted octanol–water partition coefficient (Wildman–Crippen LogP) is 14.9. The van der Waals surface area contributed by atoms with E-state index in [4.69, 9.17) is 9.72 Å². The van der Waals surface area contributed by atoms with Gasteiger partial charge in [0, 0.05) is 6.20 Å². The van der Waals surface area contributed by atoms with Gasteiger partial charge >= 0.3 is 315 Å². The Labute approximate surface area is 392 Å². The van der Waals surface area contributed by atoms with E-state index in [2.05, 4.69) is 238 Å². The summed E-state index contributed by atoms with van der Waals surface area (Å²) < 4.78 is 15.2. The summed E-state index contributed by atoms with van der Waals surface area (Å²) in [5.41, 5.74) is 15.3. The number of para-hydroxylation sites is 3. The van der Waals surface area contributed by atoms with E-state index in [0.29, 0.717) is 11.5 Å². The molecule has 1 unspecified atom stereocenters. The minimum Gasteiger partial charge on any atom is -0.0645 e. The van der Waals surface area contributed by atoms with Crippen LogP contribution in [0.15, 0.2) is 164 Å². The number of pyridine rings is 1. The standard InChI is InChI=1S/C59H50N4O.Pt/c1-58(2,3)42-31-32-60-56(35-42)63-52-22-14-13-21-46(52)47-29-28-45(37-55(47)63)64-44-27-25-41-26-30-51(48(41)36-44)61-38-62(54-24-16-15-23-53(54)61)57-49(39-17-9-7-10-18-39)33-43(59(4,5)6)34-50(57)40-19-11-8-12-20-40;/h7-25,27-29,31-35,51H,26,30H2,1-6H3;/q-2;. The molecule has 6 heteroatoms. The summed E-state index contributed by atoms with van der Waals surface area (Å²) in [5.74, 6) is 2.18. The number of fused-ring (bicyclic) bond motifs is 5. The number of ether oxygens (including phenoxy) is 1. The van der Waals surface area contributed by atoms with Crippen molar-refractivity contribution in [3.05, 3.63) is 202 Å². The van der Waals surface area contributed by atoms with Crippen molar-refractivity contribution in [2.75, 3.05) is 0 Å². The van der Waals surface area contributed by atoms with Gasteiger partial charge < -0.3 is 0 Å². The Kier molecular flexibility index (Phi) is 10.0. The molecule has 7 aromatic carbocycles. The molecule has 3 aromatic heterocycles. The van der Waals surface area contributed by atoms with Crippen LogP contribution in [-0.2, 0) is 36.6 Å². The zero-order valence-corrected chi connectivity index (χ0v) is 39.9. The average Bonchev–Trinajstić information content (AvgIpc) is 3.97. The fourth-order valence-electron chi connectivity index (χ4n) is 9.71. The molecule has 10 aromatic rings. The average molecular weight is 1030 g/mol. The van der Waals surface area contributed by atoms with Crippen molar-refractivity contribution in [2.24, 2.45) is 0 Å². The quantitative estimate of drug-likeness (QED) is 0.149. The van der Waals surface area contributed by atoms with Gasteiger partial charge in [-0.1, -0.05) is 39.0 Å². The number of imidazole rings is 1. The number of aromatic nitrogens is 4. The number of nitrogens with zero attached hydrogens (tertiary/aromatic N) is 4. The molecule has 0 amide bonds. The van der Waals surface area contributed by atoms with Crippen molar-refractivity contribution in [2.45, 2.75) is 71.3 Å². The first kappa shape index (κ1) is 41.2. The van der Waals surface area contributed by atoms with E-state index < -0.39 is 0 Å². The molecule has 1 aliphatic rings. The maximum absolute atomic E-state index is 6.76. The van der Waals surface area contributed by atoms with E-state index in [0.717, 1.165) is 49.8 Å². The molecule has 1 aliphatic carbocycles. The van der Waals surface area contributed by atoms with Crippen LogP contribution in [-0.4, -0.2) is 18.7 Å². The van der Waals surface area contributed by atoms with Crippen LogP contribution in [0.2, 0.25) is 0 Å². The second kappa shape index (κ2) is 15.9. The van der Waals surface area contributed by atoms with Gasteiger partial charge in [-0.25, -0.2) is 4.98 Å². The van der Waals surface area contributed by atoms with E-state index in [1.807, 2.05) is 12.3 Å². The summed E-state index contributed by atoms with van der Waals surface area (Å²) in [4.78, 5) is 4.88. The van der Waals surface area contributed by atoms with Crippen LogP contribution in [0.3, 0.4) is 0 Å². The monoisotopic (exact) mass is 1030 g/mol. The first-order chi connectivity index (χ1) is 31.4. The molecule has 0 fully saturated rings. The SMILES string of the molecule is CC(C)(C)c1ccnc(-n2c3[c-]c(Oc4[c-]c5c(cc4)CCC5n4[c](=[Pt])n(-c5c(-c6ccccc6)cc(C(C)(C)C)cc5-c5ccccc5)c5ccccc54)ccc3c3ccccc32)c1. The van der Waals surface area contributed by atoms with Crippen molar-refractivity contribution in [1.82, 2.24) is 18.7 Å². The molecular weight excluding hydrogens is 976 g/mol. The molecule has 0 saturated heterocycles. The van der Waals surface area contributed by atoms with Gasteiger partial charge in [0.25, 0.3) is 0 Å². The minimum atomic E-state index is -0.0576. The molecular formula is C59H50N4OPt-2. The minimum absolute atomic E-state index is 0.0189. The zero-order valence-electron chi connectivity index (χ0n) is 37.6. The molecule has 5 nitrogen and oxygen atoms in total. The van der Waals surface area contributed by atoms with Crippen LogP contribution in [0.25, 0.3) is 66.6 Å². The Morgan fingerprint density at radius 2 is 1.18 bits per heavy atom. The Morgan fingerprint density at radius 3 is 1.86 bits per heavy atom. The van der Waals surface area contributed by atoms with Gasteiger partial charge in [-0.15, -0.1) is 0 Å². The van der Waals surface area contributed by atoms with Crippen LogP contribution in [0, 0.1) is 15.9 Å². The molecule has 0 aliphatic heterocycles. The summed E-state index contributed by atoms with van der Waals surface area (Å²) in [5, 5.41) is 2.26. The van der Waals surface area contributed by atoms with Crippen LogP contribution < -0.4 is 4.74 Å². The summed E-state index contributed by atoms with van der Waals surface area (Å²) in [7, 11) is 0. The Bertz CT molecular complexity index is 3450. The third-order valence-electron chi connectivity index (χ3n) is 13.1. The van der Waals surface area contributed by atoms with Gasteiger partial charge in [0.2, 0.25) is 0 Å². The number of hydrogen-bond acceptors (Lipinski definition) is 2. The molecule has 65 heavy (non-hydrogen) atoms. The first-order valence-electron chi connectivity index (χ1n) is 22.5. The zero-order chi connectivity index (χ0) is 44.6. The van der Waals surface area contributed by atoms with Crippen molar-refractivity contribution in [3.8, 4) is 45.3 Å². The normalized spacial score (nSPS) is 14.1. The van der Waals surface area contributed by atoms with Gasteiger partial charge in [-0.2, -0.15) is 0 Å². The maximum atomic E-state index is 6.76. The van der Waals surface area contributed by atoms with Gasteiger partial charge in [-0.3, -0.25) is 0 Å². The molecule has 3 heterocycles. The molecule has 324 valence electrons. The van der Waals surface area contributed by atoms with Gasteiger partial charge in [0.15, 0.2) is 0 Å². The Hall–Kier alpha value is -6.55. The number of hydrogen-bond donors (Lipinski definition) is 0. The molecule has 0 radical (unpaired) electrons. The van der Waals surface area contributed by atoms with Crippen LogP contribution in [0.4, 0.5) is 0 Å². The van der Waals surface area contributed by atoms with Crippen LogP contribution in [0.1, 0.15) is 76.3 Å². The van der Waals surface area contributed by atoms with Gasteiger partial charge in [0.1, 0.15) is 0 Å². The van der Waals surface area contributed by atoms with E-state index in [1.54, 1.807) is 0 Å². The third-order valence-corrected chi connectivity index (χ3v) is 14.2. The molecule has 0 spiro atoms. The van der Waals surface area contributed by atoms with Crippen molar-refractivity contribution < 1.29 is 24.1 Å². The summed E-state index contributed by atoms with van der Waals surface area (Å²) in [6, 6.07) is 64.3. The smallest absolute Gasteiger partial charge is 0.0645 e. The van der Waals surface area contributed by atoms with Crippen molar-refractivity contribution >= 4 is 32.8 Å². The number of aryl methyl sites for hydroxylation is 1. The molecule has 0 saturated carbocycles. The second-order valence-electron chi connectivity index (χ2n) is 19.3. The Morgan fingerprint density at radius 1 is 0.585 bits per heavy atom. The van der Waals surface area contributed by atoms with Crippen LogP contribution >= 0.6 is 0 Å². The van der Waals surface area contributed by atoms with E-state index in [1.165, 1.54) is 55.7 Å². The first-order valence-corrected chi connectivity index (χ1v) is 23.7. The third kappa shape index (κ3) is 7.22. The molecule has 0 N–H and O–H groups in total. The summed E-state index contributed by atoms with van der Waals surface area (Å²) in [6.45, 7) is 13.6. The van der Waals surface area contributed by atoms with Crippen LogP contribution in [0.5, 0.6) is 11.5 Å². The van der Waals surface area contributed by atoms with Crippen molar-refractivity contribution in [3.63, 3.8) is 0 Å². The molecule has 11 rings (SSSR count). The molecule has 0 bridgehead atoms. The fraction of sp³-hybridized carbons (Fsp3) is 0.186. The fourth-order valence-corrected chi connectivity index (χ4v) is 10.9. The topological polar surface area (TPSA) is 36.9 Å². The Balaban J connectivity index is 1.04. The summed E-state index contributed by atoms with van der Waals surface area (Å²) >= 11 is 2.58. The number of benzene rings is 7. The van der Waals surface area contributed by atoms with E-state index >= 15 is 0 Å². The van der Waals surface area contributed by atoms with Gasteiger partial charge in [-0.05, 0) is 29.2 Å². The van der Waals surface area contributed by atoms with Crippen molar-refractivity contribution in [1.29, 1.82) is 0 Å². The second-order valence-corrected chi connectivity index (χ2v) is 20.4. The number of rotatable bonds is 7. The van der Waals surface area contributed by atoms with Gasteiger partial charge in [0.05, 0.1) is 0 Å². The summed E-state index contributed by atoms with van der Waals surface area (Å²) in [6.07, 6.45) is 3.84. The van der Waals surface area contributed by atoms with E-state index in [9.17, 15) is 0 Å².